The average Bonchev–Trinajstić information content (AvgIpc) is 2.28. The summed E-state index contributed by atoms with van der Waals surface area (Å²) in [5, 5.41) is 9.15. The Bertz CT molecular complexity index is 506. The van der Waals surface area contributed by atoms with E-state index in [9.17, 15) is 18.0 Å². The van der Waals surface area contributed by atoms with Gasteiger partial charge in [-0.25, -0.2) is 13.2 Å². The van der Waals surface area contributed by atoms with Crippen LogP contribution in [0, 0.1) is 5.82 Å². The standard InChI is InChI=1S/C13H13F3O3/c1-2-19-10-4-3-8(5-9(10)14)12(11(17)18)6-13(15,16)7-12/h3-5H,2,6-7H2,1H3,(H,17,18). The number of carboxylic acid groups (broad SMARTS) is 1. The Hall–Kier alpha value is -1.72. The number of rotatable bonds is 4. The van der Waals surface area contributed by atoms with E-state index in [4.69, 9.17) is 9.84 Å². The Morgan fingerprint density at radius 3 is 2.47 bits per heavy atom. The molecular formula is C13H13F3O3. The van der Waals surface area contributed by atoms with Crippen LogP contribution in [-0.4, -0.2) is 23.6 Å². The number of alkyl halides is 2. The second-order valence-electron chi connectivity index (χ2n) is 4.67. The van der Waals surface area contributed by atoms with Crippen molar-refractivity contribution in [2.24, 2.45) is 0 Å². The Balaban J connectivity index is 2.35. The zero-order valence-corrected chi connectivity index (χ0v) is 10.3. The molecule has 0 heterocycles. The van der Waals surface area contributed by atoms with Crippen LogP contribution in [0.2, 0.25) is 0 Å². The van der Waals surface area contributed by atoms with Crippen LogP contribution in [0.15, 0.2) is 18.2 Å². The molecule has 0 atom stereocenters. The van der Waals surface area contributed by atoms with Gasteiger partial charge in [0.15, 0.2) is 11.6 Å². The molecule has 1 aliphatic rings. The molecule has 1 saturated carbocycles. The van der Waals surface area contributed by atoms with Crippen molar-refractivity contribution in [1.29, 1.82) is 0 Å². The van der Waals surface area contributed by atoms with Crippen molar-refractivity contribution in [3.63, 3.8) is 0 Å². The van der Waals surface area contributed by atoms with E-state index in [1.807, 2.05) is 0 Å². The number of ether oxygens (including phenoxy) is 1. The van der Waals surface area contributed by atoms with Gasteiger partial charge < -0.3 is 9.84 Å². The van der Waals surface area contributed by atoms with Gasteiger partial charge in [-0.1, -0.05) is 6.07 Å². The van der Waals surface area contributed by atoms with E-state index in [2.05, 4.69) is 0 Å². The number of carboxylic acids is 1. The Kier molecular flexibility index (Phi) is 3.20. The van der Waals surface area contributed by atoms with Crippen molar-refractivity contribution in [1.82, 2.24) is 0 Å². The Morgan fingerprint density at radius 2 is 2.05 bits per heavy atom. The largest absolute Gasteiger partial charge is 0.491 e. The van der Waals surface area contributed by atoms with Crippen molar-refractivity contribution >= 4 is 5.97 Å². The van der Waals surface area contributed by atoms with E-state index in [1.54, 1.807) is 6.92 Å². The van der Waals surface area contributed by atoms with Crippen LogP contribution in [0.1, 0.15) is 25.3 Å². The molecule has 1 aliphatic carbocycles. The minimum Gasteiger partial charge on any atom is -0.491 e. The van der Waals surface area contributed by atoms with Gasteiger partial charge in [-0.05, 0) is 24.6 Å². The van der Waals surface area contributed by atoms with Crippen molar-refractivity contribution in [2.75, 3.05) is 6.61 Å². The predicted octanol–water partition coefficient (Wildman–Crippen LogP) is 2.98. The molecule has 19 heavy (non-hydrogen) atoms. The molecule has 0 unspecified atom stereocenters. The maximum absolute atomic E-state index is 13.7. The predicted molar refractivity (Wildman–Crippen MR) is 61.1 cm³/mol. The molecular weight excluding hydrogens is 261 g/mol. The Morgan fingerprint density at radius 1 is 1.42 bits per heavy atom. The van der Waals surface area contributed by atoms with Gasteiger partial charge in [0.25, 0.3) is 5.92 Å². The zero-order chi connectivity index (χ0) is 14.3. The van der Waals surface area contributed by atoms with Crippen molar-refractivity contribution in [2.45, 2.75) is 31.1 Å². The zero-order valence-electron chi connectivity index (χ0n) is 10.3. The van der Waals surface area contributed by atoms with Crippen molar-refractivity contribution in [3.8, 4) is 5.75 Å². The quantitative estimate of drug-likeness (QED) is 0.918. The highest BCUT2D eigenvalue weighted by molar-refractivity contribution is 5.83. The molecule has 1 aromatic carbocycles. The summed E-state index contributed by atoms with van der Waals surface area (Å²) in [6.45, 7) is 1.94. The normalized spacial score (nSPS) is 19.6. The summed E-state index contributed by atoms with van der Waals surface area (Å²) in [7, 11) is 0. The first-order valence-electron chi connectivity index (χ1n) is 5.85. The summed E-state index contributed by atoms with van der Waals surface area (Å²) in [5.41, 5.74) is -1.65. The first-order chi connectivity index (χ1) is 8.81. The fourth-order valence-electron chi connectivity index (χ4n) is 2.38. The minimum atomic E-state index is -3.01. The highest BCUT2D eigenvalue weighted by atomic mass is 19.3. The Labute approximate surface area is 108 Å². The minimum absolute atomic E-state index is 0.0159. The van der Waals surface area contributed by atoms with Crippen LogP contribution in [0.25, 0.3) is 0 Å². The van der Waals surface area contributed by atoms with E-state index in [-0.39, 0.29) is 17.9 Å². The monoisotopic (exact) mass is 274 g/mol. The molecule has 1 fully saturated rings. The topological polar surface area (TPSA) is 46.5 Å². The van der Waals surface area contributed by atoms with Crippen LogP contribution in [0.3, 0.4) is 0 Å². The van der Waals surface area contributed by atoms with E-state index in [0.717, 1.165) is 6.07 Å². The number of hydrogen-bond donors (Lipinski definition) is 1. The number of benzene rings is 1. The first-order valence-corrected chi connectivity index (χ1v) is 5.85. The lowest BCUT2D eigenvalue weighted by molar-refractivity contribution is -0.174. The third-order valence-electron chi connectivity index (χ3n) is 3.31. The molecule has 0 spiro atoms. The van der Waals surface area contributed by atoms with E-state index in [0.29, 0.717) is 0 Å². The molecule has 0 amide bonds. The molecule has 2 rings (SSSR count). The van der Waals surface area contributed by atoms with Gasteiger partial charge in [0, 0.05) is 12.8 Å². The van der Waals surface area contributed by atoms with Gasteiger partial charge in [0.2, 0.25) is 0 Å². The SMILES string of the molecule is CCOc1ccc(C2(C(=O)O)CC(F)(F)C2)cc1F. The highest BCUT2D eigenvalue weighted by Gasteiger charge is 2.62. The van der Waals surface area contributed by atoms with Gasteiger partial charge in [-0.15, -0.1) is 0 Å². The smallest absolute Gasteiger partial charge is 0.314 e. The van der Waals surface area contributed by atoms with Gasteiger partial charge in [-0.3, -0.25) is 4.79 Å². The molecule has 0 aromatic heterocycles. The third kappa shape index (κ3) is 2.27. The maximum atomic E-state index is 13.7. The number of carbonyl (C=O) groups is 1. The average molecular weight is 274 g/mol. The van der Waals surface area contributed by atoms with Crippen LogP contribution in [-0.2, 0) is 10.2 Å². The number of aliphatic carboxylic acids is 1. The lowest BCUT2D eigenvalue weighted by Crippen LogP contribution is -2.54. The van der Waals surface area contributed by atoms with Gasteiger partial charge in [0.05, 0.1) is 6.61 Å². The second kappa shape index (κ2) is 4.43. The first kappa shape index (κ1) is 13.7. The van der Waals surface area contributed by atoms with Crippen LogP contribution >= 0.6 is 0 Å². The fraction of sp³-hybridized carbons (Fsp3) is 0.462. The van der Waals surface area contributed by atoms with Crippen molar-refractivity contribution < 1.29 is 27.8 Å². The van der Waals surface area contributed by atoms with Crippen molar-refractivity contribution in [3.05, 3.63) is 29.6 Å². The third-order valence-corrected chi connectivity index (χ3v) is 3.31. The van der Waals surface area contributed by atoms with Gasteiger partial charge in [0.1, 0.15) is 5.41 Å². The maximum Gasteiger partial charge on any atom is 0.314 e. The second-order valence-corrected chi connectivity index (χ2v) is 4.67. The molecule has 0 aliphatic heterocycles. The molecule has 1 aromatic rings. The highest BCUT2D eigenvalue weighted by Crippen LogP contribution is 2.53. The molecule has 0 radical (unpaired) electrons. The number of hydrogen-bond acceptors (Lipinski definition) is 2. The lowest BCUT2D eigenvalue weighted by Gasteiger charge is -2.44. The summed E-state index contributed by atoms with van der Waals surface area (Å²) in [5.74, 6) is -5.12. The van der Waals surface area contributed by atoms with Crippen LogP contribution < -0.4 is 4.74 Å². The number of halogens is 3. The summed E-state index contributed by atoms with van der Waals surface area (Å²) in [6, 6.07) is 3.57. The molecule has 6 heteroatoms. The van der Waals surface area contributed by atoms with Gasteiger partial charge >= 0.3 is 5.97 Å². The molecule has 0 saturated heterocycles. The fourth-order valence-corrected chi connectivity index (χ4v) is 2.38. The van der Waals surface area contributed by atoms with E-state index < -0.39 is 36.0 Å². The summed E-state index contributed by atoms with van der Waals surface area (Å²) in [4.78, 5) is 11.2. The van der Waals surface area contributed by atoms with E-state index >= 15 is 0 Å². The molecule has 3 nitrogen and oxygen atoms in total. The van der Waals surface area contributed by atoms with E-state index in [1.165, 1.54) is 12.1 Å². The van der Waals surface area contributed by atoms with Crippen LogP contribution in [0.4, 0.5) is 13.2 Å². The summed E-state index contributed by atoms with van der Waals surface area (Å²) < 4.78 is 44.7. The molecule has 1 N–H and O–H groups in total. The summed E-state index contributed by atoms with van der Waals surface area (Å²) in [6.07, 6.45) is -1.61. The summed E-state index contributed by atoms with van der Waals surface area (Å²) >= 11 is 0. The van der Waals surface area contributed by atoms with Crippen LogP contribution in [0.5, 0.6) is 5.75 Å². The molecule has 0 bridgehead atoms. The molecule has 104 valence electrons. The lowest BCUT2D eigenvalue weighted by atomic mass is 9.62. The van der Waals surface area contributed by atoms with Gasteiger partial charge in [-0.2, -0.15) is 0 Å².